The summed E-state index contributed by atoms with van der Waals surface area (Å²) in [5, 5.41) is 7.11. The zero-order valence-corrected chi connectivity index (χ0v) is 24.3. The number of nitrogens with one attached hydrogen (secondary N) is 3. The second-order valence-electron chi connectivity index (χ2n) is 11.2. The SMILES string of the molecule is C[C@@H](c1c[nH]c2ccccc12)[C@@H](NC(=O)N1CCC(Oc2ccc(F)cc2)CC1)C(=O)Nc1cccc(CN(C)C)c1. The van der Waals surface area contributed by atoms with Gasteiger partial charge in [-0.15, -0.1) is 0 Å². The first-order valence-corrected chi connectivity index (χ1v) is 14.3. The quantitative estimate of drug-likeness (QED) is 0.239. The number of carbonyl (C=O) groups excluding carboxylic acids is 2. The number of aromatic nitrogens is 1. The molecule has 0 saturated carbocycles. The van der Waals surface area contributed by atoms with Crippen LogP contribution in [0.2, 0.25) is 0 Å². The first kappa shape index (κ1) is 29.1. The summed E-state index contributed by atoms with van der Waals surface area (Å²) in [6.45, 7) is 3.68. The molecule has 5 rings (SSSR count). The Morgan fingerprint density at radius 1 is 1.05 bits per heavy atom. The van der Waals surface area contributed by atoms with Crippen LogP contribution in [0.4, 0.5) is 14.9 Å². The third kappa shape index (κ3) is 7.09. The maximum absolute atomic E-state index is 13.8. The van der Waals surface area contributed by atoms with Crippen molar-refractivity contribution >= 4 is 28.5 Å². The molecule has 3 aromatic carbocycles. The van der Waals surface area contributed by atoms with Crippen LogP contribution in [0.3, 0.4) is 0 Å². The third-order valence-electron chi connectivity index (χ3n) is 7.71. The van der Waals surface area contributed by atoms with Crippen LogP contribution in [-0.4, -0.2) is 66.1 Å². The molecular formula is C33H38FN5O3. The number of urea groups is 1. The monoisotopic (exact) mass is 571 g/mol. The van der Waals surface area contributed by atoms with Crippen LogP contribution >= 0.6 is 0 Å². The third-order valence-corrected chi connectivity index (χ3v) is 7.71. The summed E-state index contributed by atoms with van der Waals surface area (Å²) >= 11 is 0. The minimum atomic E-state index is -0.817. The Morgan fingerprint density at radius 3 is 2.52 bits per heavy atom. The van der Waals surface area contributed by atoms with Crippen LogP contribution in [0.15, 0.2) is 79.0 Å². The molecule has 0 aliphatic carbocycles. The summed E-state index contributed by atoms with van der Waals surface area (Å²) in [5.74, 6) is -0.291. The summed E-state index contributed by atoms with van der Waals surface area (Å²) in [6.07, 6.45) is 3.12. The first-order chi connectivity index (χ1) is 20.3. The van der Waals surface area contributed by atoms with E-state index in [0.29, 0.717) is 37.4 Å². The van der Waals surface area contributed by atoms with Gasteiger partial charge in [-0.2, -0.15) is 0 Å². The Labute approximate surface area is 245 Å². The molecule has 0 spiro atoms. The van der Waals surface area contributed by atoms with E-state index in [4.69, 9.17) is 4.74 Å². The number of ether oxygens (including phenoxy) is 1. The van der Waals surface area contributed by atoms with E-state index >= 15 is 0 Å². The molecule has 2 heterocycles. The number of aromatic amines is 1. The highest BCUT2D eigenvalue weighted by Gasteiger charge is 2.32. The molecule has 3 amide bonds. The lowest BCUT2D eigenvalue weighted by atomic mass is 9.92. The lowest BCUT2D eigenvalue weighted by Crippen LogP contribution is -2.53. The van der Waals surface area contributed by atoms with E-state index in [0.717, 1.165) is 28.6 Å². The molecule has 1 aliphatic heterocycles. The normalized spacial score (nSPS) is 15.4. The van der Waals surface area contributed by atoms with E-state index in [1.54, 1.807) is 17.0 Å². The van der Waals surface area contributed by atoms with Gasteiger partial charge in [0.2, 0.25) is 5.91 Å². The predicted octanol–water partition coefficient (Wildman–Crippen LogP) is 5.73. The number of anilines is 1. The second kappa shape index (κ2) is 13.1. The molecule has 1 saturated heterocycles. The number of nitrogens with zero attached hydrogens (tertiary/aromatic N) is 2. The average Bonchev–Trinajstić information content (AvgIpc) is 3.41. The molecule has 1 aromatic heterocycles. The van der Waals surface area contributed by atoms with E-state index in [9.17, 15) is 14.0 Å². The summed E-state index contributed by atoms with van der Waals surface area (Å²) in [7, 11) is 3.99. The van der Waals surface area contributed by atoms with Gasteiger partial charge in [-0.1, -0.05) is 37.3 Å². The number of H-pyrrole nitrogens is 1. The number of likely N-dealkylation sites (tertiary alicyclic amines) is 1. The number of carbonyl (C=O) groups is 2. The smallest absolute Gasteiger partial charge is 0.318 e. The fourth-order valence-corrected chi connectivity index (χ4v) is 5.51. The minimum absolute atomic E-state index is 0.0711. The second-order valence-corrected chi connectivity index (χ2v) is 11.2. The lowest BCUT2D eigenvalue weighted by molar-refractivity contribution is -0.118. The van der Waals surface area contributed by atoms with E-state index in [1.165, 1.54) is 12.1 Å². The van der Waals surface area contributed by atoms with E-state index in [2.05, 4.69) is 20.5 Å². The number of hydrogen-bond donors (Lipinski definition) is 3. The number of piperidine rings is 1. The molecule has 2 atom stereocenters. The number of fused-ring (bicyclic) bond motifs is 1. The summed E-state index contributed by atoms with van der Waals surface area (Å²) in [4.78, 5) is 34.4. The molecule has 1 aliphatic rings. The highest BCUT2D eigenvalue weighted by Crippen LogP contribution is 2.29. The zero-order chi connectivity index (χ0) is 29.6. The molecule has 42 heavy (non-hydrogen) atoms. The predicted molar refractivity (Wildman–Crippen MR) is 163 cm³/mol. The van der Waals surface area contributed by atoms with Crippen molar-refractivity contribution in [2.45, 2.75) is 44.4 Å². The Balaban J connectivity index is 1.30. The van der Waals surface area contributed by atoms with Crippen LogP contribution in [0.25, 0.3) is 10.9 Å². The molecule has 8 nitrogen and oxygen atoms in total. The lowest BCUT2D eigenvalue weighted by Gasteiger charge is -2.34. The van der Waals surface area contributed by atoms with Crippen LogP contribution in [0, 0.1) is 5.82 Å². The van der Waals surface area contributed by atoms with Crippen molar-refractivity contribution in [3.05, 3.63) is 95.9 Å². The average molecular weight is 572 g/mol. The summed E-state index contributed by atoms with van der Waals surface area (Å²) in [6, 6.07) is 20.6. The number of benzene rings is 3. The van der Waals surface area contributed by atoms with Gasteiger partial charge in [-0.05, 0) is 67.7 Å². The van der Waals surface area contributed by atoms with Crippen LogP contribution in [-0.2, 0) is 11.3 Å². The molecule has 4 aromatic rings. The van der Waals surface area contributed by atoms with Crippen molar-refractivity contribution in [1.82, 2.24) is 20.1 Å². The number of hydrogen-bond acceptors (Lipinski definition) is 4. The Morgan fingerprint density at radius 2 is 1.79 bits per heavy atom. The Kier molecular flexibility index (Phi) is 9.07. The van der Waals surface area contributed by atoms with Crippen molar-refractivity contribution in [3.63, 3.8) is 0 Å². The Hall–Kier alpha value is -4.37. The van der Waals surface area contributed by atoms with Gasteiger partial charge in [0, 0.05) is 61.2 Å². The van der Waals surface area contributed by atoms with Gasteiger partial charge >= 0.3 is 6.03 Å². The summed E-state index contributed by atoms with van der Waals surface area (Å²) in [5.41, 5.74) is 3.69. The molecule has 0 bridgehead atoms. The van der Waals surface area contributed by atoms with Gasteiger partial charge in [0.1, 0.15) is 23.7 Å². The van der Waals surface area contributed by atoms with Crippen LogP contribution in [0.5, 0.6) is 5.75 Å². The molecule has 0 radical (unpaired) electrons. The molecule has 3 N–H and O–H groups in total. The van der Waals surface area contributed by atoms with Crippen molar-refractivity contribution < 1.29 is 18.7 Å². The summed E-state index contributed by atoms with van der Waals surface area (Å²) < 4.78 is 19.2. The number of halogens is 1. The van der Waals surface area contributed by atoms with E-state index in [-0.39, 0.29) is 29.8 Å². The Bertz CT molecular complexity index is 1510. The molecule has 0 unspecified atom stereocenters. The maximum Gasteiger partial charge on any atom is 0.318 e. The van der Waals surface area contributed by atoms with Crippen molar-refractivity contribution in [1.29, 1.82) is 0 Å². The molecule has 220 valence electrons. The molecule has 9 heteroatoms. The van der Waals surface area contributed by atoms with Crippen molar-refractivity contribution in [3.8, 4) is 5.75 Å². The van der Waals surface area contributed by atoms with Gasteiger partial charge in [0.25, 0.3) is 0 Å². The van der Waals surface area contributed by atoms with E-state index < -0.39 is 6.04 Å². The first-order valence-electron chi connectivity index (χ1n) is 14.3. The number of rotatable bonds is 9. The number of amides is 3. The number of para-hydroxylation sites is 1. The van der Waals surface area contributed by atoms with Gasteiger partial charge in [0.15, 0.2) is 0 Å². The zero-order valence-electron chi connectivity index (χ0n) is 24.3. The topological polar surface area (TPSA) is 89.7 Å². The van der Waals surface area contributed by atoms with Gasteiger partial charge in [0.05, 0.1) is 0 Å². The fraction of sp³-hybridized carbons (Fsp3) is 0.333. The van der Waals surface area contributed by atoms with E-state index in [1.807, 2.05) is 75.7 Å². The van der Waals surface area contributed by atoms with Gasteiger partial charge in [-0.3, -0.25) is 4.79 Å². The minimum Gasteiger partial charge on any atom is -0.490 e. The van der Waals surface area contributed by atoms with Crippen LogP contribution in [0.1, 0.15) is 36.8 Å². The van der Waals surface area contributed by atoms with Crippen LogP contribution < -0.4 is 15.4 Å². The van der Waals surface area contributed by atoms with Crippen molar-refractivity contribution in [2.24, 2.45) is 0 Å². The highest BCUT2D eigenvalue weighted by molar-refractivity contribution is 5.98. The maximum atomic E-state index is 13.8. The van der Waals surface area contributed by atoms with Gasteiger partial charge < -0.3 is 30.2 Å². The molecule has 1 fully saturated rings. The fourth-order valence-electron chi connectivity index (χ4n) is 5.51. The largest absolute Gasteiger partial charge is 0.490 e. The highest BCUT2D eigenvalue weighted by atomic mass is 19.1. The van der Waals surface area contributed by atoms with Crippen molar-refractivity contribution in [2.75, 3.05) is 32.5 Å². The standard InChI is InChI=1S/C33H38FN5O3/c1-22(29-20-35-30-10-5-4-9-28(29)30)31(32(40)36-25-8-6-7-23(19-25)21-38(2)3)37-33(41)39-17-15-27(16-18-39)42-26-13-11-24(34)12-14-26/h4-14,19-20,22,27,31,35H,15-18,21H2,1-3H3,(H,36,40)(H,37,41)/t22-,31+/m0/s1. The molecular weight excluding hydrogens is 533 g/mol. The van der Waals surface area contributed by atoms with Gasteiger partial charge in [-0.25, -0.2) is 9.18 Å².